The number of ether oxygens (including phenoxy) is 1. The number of nitrogens with one attached hydrogen (secondary N) is 1. The van der Waals surface area contributed by atoms with Gasteiger partial charge >= 0.3 is 0 Å². The van der Waals surface area contributed by atoms with Gasteiger partial charge in [0.25, 0.3) is 5.91 Å². The Morgan fingerprint density at radius 2 is 1.82 bits per heavy atom. The lowest BCUT2D eigenvalue weighted by atomic mass is 10.1. The van der Waals surface area contributed by atoms with Crippen molar-refractivity contribution in [3.8, 4) is 5.75 Å². The van der Waals surface area contributed by atoms with Gasteiger partial charge in [-0.1, -0.05) is 11.6 Å². The minimum atomic E-state index is -1.07. The van der Waals surface area contributed by atoms with Crippen LogP contribution in [0.1, 0.15) is 26.7 Å². The molecule has 0 bridgehead atoms. The number of nitrogens with zero attached hydrogens (tertiary/aromatic N) is 1. The van der Waals surface area contributed by atoms with Crippen LogP contribution >= 0.6 is 11.6 Å². The van der Waals surface area contributed by atoms with Gasteiger partial charge in [-0.3, -0.25) is 9.59 Å². The van der Waals surface area contributed by atoms with Crippen LogP contribution in [0.2, 0.25) is 5.02 Å². The zero-order valence-electron chi connectivity index (χ0n) is 12.9. The molecule has 1 aromatic carbocycles. The van der Waals surface area contributed by atoms with Gasteiger partial charge in [-0.15, -0.1) is 0 Å². The zero-order valence-corrected chi connectivity index (χ0v) is 13.7. The highest BCUT2D eigenvalue weighted by Gasteiger charge is 2.30. The fourth-order valence-electron chi connectivity index (χ4n) is 2.29. The van der Waals surface area contributed by atoms with Crippen molar-refractivity contribution in [1.29, 1.82) is 0 Å². The standard InChI is InChI=1S/C16H21ClN2O3/c1-16(2,22-13-7-5-12(17)6-8-13)15(21)18-11-14(20)19-9-3-4-10-19/h5-8H,3-4,9-11H2,1-2H3,(H,18,21). The number of carbonyl (C=O) groups is 2. The van der Waals surface area contributed by atoms with E-state index in [4.69, 9.17) is 16.3 Å². The number of rotatable bonds is 5. The van der Waals surface area contributed by atoms with E-state index < -0.39 is 5.60 Å². The molecule has 1 N–H and O–H groups in total. The fraction of sp³-hybridized carbons (Fsp3) is 0.500. The summed E-state index contributed by atoms with van der Waals surface area (Å²) in [6.45, 7) is 4.89. The molecule has 0 aromatic heterocycles. The molecule has 1 heterocycles. The van der Waals surface area contributed by atoms with E-state index in [1.165, 1.54) is 0 Å². The van der Waals surface area contributed by atoms with Gasteiger partial charge < -0.3 is 15.0 Å². The van der Waals surface area contributed by atoms with Crippen molar-refractivity contribution in [2.75, 3.05) is 19.6 Å². The molecule has 0 radical (unpaired) electrons. The average molecular weight is 325 g/mol. The highest BCUT2D eigenvalue weighted by atomic mass is 35.5. The lowest BCUT2D eigenvalue weighted by Gasteiger charge is -2.25. The smallest absolute Gasteiger partial charge is 0.264 e. The van der Waals surface area contributed by atoms with Crippen LogP contribution in [0.5, 0.6) is 5.75 Å². The van der Waals surface area contributed by atoms with Crippen LogP contribution in [-0.2, 0) is 9.59 Å². The summed E-state index contributed by atoms with van der Waals surface area (Å²) in [5.41, 5.74) is -1.07. The molecule has 0 atom stereocenters. The summed E-state index contributed by atoms with van der Waals surface area (Å²) in [4.78, 5) is 25.9. The molecule has 1 aromatic rings. The summed E-state index contributed by atoms with van der Waals surface area (Å²) in [5, 5.41) is 3.25. The largest absolute Gasteiger partial charge is 0.478 e. The lowest BCUT2D eigenvalue weighted by molar-refractivity contribution is -0.138. The second-order valence-corrected chi connectivity index (χ2v) is 6.27. The lowest BCUT2D eigenvalue weighted by Crippen LogP contribution is -2.49. The molecule has 6 heteroatoms. The van der Waals surface area contributed by atoms with Gasteiger partial charge in [-0.2, -0.15) is 0 Å². The predicted octanol–water partition coefficient (Wildman–Crippen LogP) is 2.24. The van der Waals surface area contributed by atoms with Crippen molar-refractivity contribution < 1.29 is 14.3 Å². The quantitative estimate of drug-likeness (QED) is 0.903. The third-order valence-corrected chi connectivity index (χ3v) is 3.84. The first kappa shape index (κ1) is 16.6. The number of hydrogen-bond donors (Lipinski definition) is 1. The molecule has 0 aliphatic carbocycles. The Bertz CT molecular complexity index is 537. The summed E-state index contributed by atoms with van der Waals surface area (Å²) < 4.78 is 5.68. The van der Waals surface area contributed by atoms with Crippen LogP contribution in [0.4, 0.5) is 0 Å². The van der Waals surface area contributed by atoms with Gasteiger partial charge in [-0.25, -0.2) is 0 Å². The maximum Gasteiger partial charge on any atom is 0.264 e. The Kier molecular flexibility index (Phi) is 5.29. The predicted molar refractivity (Wildman–Crippen MR) is 85.0 cm³/mol. The van der Waals surface area contributed by atoms with E-state index in [2.05, 4.69) is 5.32 Å². The number of carbonyl (C=O) groups excluding carboxylic acids is 2. The molecule has 0 saturated carbocycles. The Morgan fingerprint density at radius 3 is 2.41 bits per heavy atom. The zero-order chi connectivity index (χ0) is 16.2. The molecule has 2 rings (SSSR count). The van der Waals surface area contributed by atoms with E-state index in [0.29, 0.717) is 10.8 Å². The highest BCUT2D eigenvalue weighted by Crippen LogP contribution is 2.21. The maximum absolute atomic E-state index is 12.2. The molecular weight excluding hydrogens is 304 g/mol. The monoisotopic (exact) mass is 324 g/mol. The van der Waals surface area contributed by atoms with Gasteiger partial charge in [0.2, 0.25) is 5.91 Å². The molecule has 0 spiro atoms. The number of halogens is 1. The number of amides is 2. The third-order valence-electron chi connectivity index (χ3n) is 3.59. The Morgan fingerprint density at radius 1 is 1.23 bits per heavy atom. The summed E-state index contributed by atoms with van der Waals surface area (Å²) in [6, 6.07) is 6.79. The van der Waals surface area contributed by atoms with E-state index in [1.54, 1.807) is 43.0 Å². The van der Waals surface area contributed by atoms with Crippen LogP contribution in [-0.4, -0.2) is 41.9 Å². The molecule has 120 valence electrons. The summed E-state index contributed by atoms with van der Waals surface area (Å²) in [6.07, 6.45) is 2.07. The van der Waals surface area contributed by atoms with Gasteiger partial charge in [-0.05, 0) is 51.0 Å². The molecule has 0 unspecified atom stereocenters. The first-order valence-electron chi connectivity index (χ1n) is 7.39. The highest BCUT2D eigenvalue weighted by molar-refractivity contribution is 6.30. The Hall–Kier alpha value is -1.75. The van der Waals surface area contributed by atoms with E-state index in [-0.39, 0.29) is 18.4 Å². The molecule has 1 saturated heterocycles. The normalized spacial score (nSPS) is 14.8. The molecular formula is C16H21ClN2O3. The minimum Gasteiger partial charge on any atom is -0.478 e. The average Bonchev–Trinajstić information content (AvgIpc) is 3.01. The minimum absolute atomic E-state index is 0.00619. The van der Waals surface area contributed by atoms with Crippen molar-refractivity contribution in [2.45, 2.75) is 32.3 Å². The van der Waals surface area contributed by atoms with Crippen LogP contribution < -0.4 is 10.1 Å². The molecule has 1 aliphatic rings. The van der Waals surface area contributed by atoms with Crippen LogP contribution in [0.15, 0.2) is 24.3 Å². The van der Waals surface area contributed by atoms with Crippen molar-refractivity contribution in [2.24, 2.45) is 0 Å². The fourth-order valence-corrected chi connectivity index (χ4v) is 2.42. The second-order valence-electron chi connectivity index (χ2n) is 5.84. The van der Waals surface area contributed by atoms with E-state index in [0.717, 1.165) is 25.9 Å². The van der Waals surface area contributed by atoms with Gasteiger partial charge in [0.05, 0.1) is 6.54 Å². The maximum atomic E-state index is 12.2. The van der Waals surface area contributed by atoms with Gasteiger partial charge in [0.15, 0.2) is 5.60 Å². The molecule has 22 heavy (non-hydrogen) atoms. The molecule has 2 amide bonds. The second kappa shape index (κ2) is 7.01. The third kappa shape index (κ3) is 4.37. The van der Waals surface area contributed by atoms with Crippen LogP contribution in [0, 0.1) is 0 Å². The van der Waals surface area contributed by atoms with Crippen molar-refractivity contribution >= 4 is 23.4 Å². The summed E-state index contributed by atoms with van der Waals surface area (Å²) >= 11 is 5.82. The van der Waals surface area contributed by atoms with Gasteiger partial charge in [0.1, 0.15) is 5.75 Å². The van der Waals surface area contributed by atoms with E-state index in [9.17, 15) is 9.59 Å². The summed E-state index contributed by atoms with van der Waals surface area (Å²) in [7, 11) is 0. The Balaban J connectivity index is 1.86. The number of likely N-dealkylation sites (tertiary alicyclic amines) is 1. The summed E-state index contributed by atoms with van der Waals surface area (Å²) in [5.74, 6) is 0.179. The topological polar surface area (TPSA) is 58.6 Å². The van der Waals surface area contributed by atoms with E-state index in [1.807, 2.05) is 0 Å². The first-order chi connectivity index (χ1) is 10.4. The number of benzene rings is 1. The SMILES string of the molecule is CC(C)(Oc1ccc(Cl)cc1)C(=O)NCC(=O)N1CCCC1. The Labute approximate surface area is 135 Å². The molecule has 1 aliphatic heterocycles. The van der Waals surface area contributed by atoms with Gasteiger partial charge in [0, 0.05) is 18.1 Å². The molecule has 5 nitrogen and oxygen atoms in total. The van der Waals surface area contributed by atoms with Crippen LogP contribution in [0.25, 0.3) is 0 Å². The van der Waals surface area contributed by atoms with Crippen LogP contribution in [0.3, 0.4) is 0 Å². The van der Waals surface area contributed by atoms with Crippen molar-refractivity contribution in [3.05, 3.63) is 29.3 Å². The first-order valence-corrected chi connectivity index (χ1v) is 7.77. The molecule has 1 fully saturated rings. The van der Waals surface area contributed by atoms with E-state index >= 15 is 0 Å². The van der Waals surface area contributed by atoms with Crippen molar-refractivity contribution in [1.82, 2.24) is 10.2 Å². The number of hydrogen-bond acceptors (Lipinski definition) is 3. The van der Waals surface area contributed by atoms with Crippen molar-refractivity contribution in [3.63, 3.8) is 0 Å².